The lowest BCUT2D eigenvalue weighted by Crippen LogP contribution is -2.36. The summed E-state index contributed by atoms with van der Waals surface area (Å²) in [7, 11) is 1.66. The number of benzene rings is 3. The highest BCUT2D eigenvalue weighted by molar-refractivity contribution is 5.79. The molecule has 4 rings (SSSR count). The smallest absolute Gasteiger partial charge is 0.483 e. The number of aliphatic imine (C=N–C) groups is 1. The summed E-state index contributed by atoms with van der Waals surface area (Å²) in [5.74, 6) is -0.389. The first-order valence-corrected chi connectivity index (χ1v) is 11.3. The zero-order valence-electron chi connectivity index (χ0n) is 19.4. The fourth-order valence-corrected chi connectivity index (χ4v) is 4.24. The van der Waals surface area contributed by atoms with E-state index in [0.29, 0.717) is 36.3 Å². The Bertz CT molecular complexity index is 1190. The topological polar surface area (TPSA) is 51.1 Å². The maximum absolute atomic E-state index is 13.7. The highest BCUT2D eigenvalue weighted by Crippen LogP contribution is 2.40. The molecule has 9 heteroatoms. The van der Waals surface area contributed by atoms with Gasteiger partial charge in [0.15, 0.2) is 0 Å². The van der Waals surface area contributed by atoms with E-state index in [0.717, 1.165) is 5.56 Å². The second-order valence-electron chi connectivity index (χ2n) is 8.30. The minimum absolute atomic E-state index is 0.0792. The molecule has 188 valence electrons. The first-order chi connectivity index (χ1) is 17.2. The van der Waals surface area contributed by atoms with Gasteiger partial charge in [-0.1, -0.05) is 24.3 Å². The largest absolute Gasteiger partial charge is 0.573 e. The quantitative estimate of drug-likeness (QED) is 0.271. The number of amides is 1. The number of halogens is 4. The Balaban J connectivity index is 1.76. The first-order valence-electron chi connectivity index (χ1n) is 11.3. The average molecular weight is 500 g/mol. The van der Waals surface area contributed by atoms with Crippen molar-refractivity contribution in [2.75, 3.05) is 13.6 Å². The molecule has 2 atom stereocenters. The second-order valence-corrected chi connectivity index (χ2v) is 8.30. The van der Waals surface area contributed by atoms with E-state index >= 15 is 0 Å². The fourth-order valence-electron chi connectivity index (χ4n) is 4.24. The van der Waals surface area contributed by atoms with Crippen LogP contribution in [0.1, 0.15) is 41.7 Å². The van der Waals surface area contributed by atoms with Crippen LogP contribution in [0, 0.1) is 5.82 Å². The Labute approximate surface area is 206 Å². The van der Waals surface area contributed by atoms with E-state index in [2.05, 4.69) is 9.73 Å². The van der Waals surface area contributed by atoms with Gasteiger partial charge in [0.25, 0.3) is 0 Å². The van der Waals surface area contributed by atoms with Crippen molar-refractivity contribution in [3.63, 3.8) is 0 Å². The average Bonchev–Trinajstić information content (AvgIpc) is 3.26. The van der Waals surface area contributed by atoms with Gasteiger partial charge in [0.1, 0.15) is 23.4 Å². The molecular weight excluding hydrogens is 476 g/mol. The van der Waals surface area contributed by atoms with Crippen molar-refractivity contribution < 1.29 is 31.8 Å². The molecule has 3 aromatic carbocycles. The summed E-state index contributed by atoms with van der Waals surface area (Å²) < 4.78 is 62.1. The molecule has 5 nitrogen and oxygen atoms in total. The molecule has 0 unspecified atom stereocenters. The lowest BCUT2D eigenvalue weighted by molar-refractivity contribution is -0.274. The van der Waals surface area contributed by atoms with Gasteiger partial charge in [-0.2, -0.15) is 0 Å². The van der Waals surface area contributed by atoms with Crippen LogP contribution >= 0.6 is 0 Å². The van der Waals surface area contributed by atoms with Gasteiger partial charge >= 0.3 is 6.36 Å². The molecule has 1 aliphatic heterocycles. The summed E-state index contributed by atoms with van der Waals surface area (Å²) in [5, 5.41) is 0. The number of nitrogens with zero attached hydrogens (tertiary/aromatic N) is 2. The van der Waals surface area contributed by atoms with Gasteiger partial charge in [-0.05, 0) is 71.6 Å². The fraction of sp³-hybridized carbons (Fsp3) is 0.259. The third kappa shape index (κ3) is 6.21. The Hall–Kier alpha value is -3.88. The second kappa shape index (κ2) is 10.8. The molecular formula is C27H24F4N2O3. The molecule has 1 fully saturated rings. The Kier molecular flexibility index (Phi) is 7.57. The van der Waals surface area contributed by atoms with Crippen LogP contribution in [-0.2, 0) is 4.79 Å². The predicted octanol–water partition coefficient (Wildman–Crippen LogP) is 6.26. The van der Waals surface area contributed by atoms with Crippen LogP contribution in [0.4, 0.5) is 17.6 Å². The van der Waals surface area contributed by atoms with Gasteiger partial charge in [-0.25, -0.2) is 4.39 Å². The molecule has 0 aromatic heterocycles. The Morgan fingerprint density at radius 1 is 0.917 bits per heavy atom. The van der Waals surface area contributed by atoms with Gasteiger partial charge < -0.3 is 14.4 Å². The van der Waals surface area contributed by atoms with Crippen molar-refractivity contribution in [2.24, 2.45) is 4.99 Å². The number of ether oxygens (including phenoxy) is 2. The summed E-state index contributed by atoms with van der Waals surface area (Å²) >= 11 is 0. The van der Waals surface area contributed by atoms with Crippen LogP contribution in [0.15, 0.2) is 77.8 Å². The predicted molar refractivity (Wildman–Crippen MR) is 127 cm³/mol. The summed E-state index contributed by atoms with van der Waals surface area (Å²) in [6.45, 7) is 0.474. The Morgan fingerprint density at radius 2 is 1.53 bits per heavy atom. The molecule has 36 heavy (non-hydrogen) atoms. The number of carbonyl (C=O) groups excluding carboxylic acids is 1. The van der Waals surface area contributed by atoms with Crippen molar-refractivity contribution in [2.45, 2.75) is 31.3 Å². The van der Waals surface area contributed by atoms with Crippen LogP contribution in [0.25, 0.3) is 0 Å². The normalized spacial score (nSPS) is 15.8. The van der Waals surface area contributed by atoms with Crippen LogP contribution in [0.5, 0.6) is 11.5 Å². The van der Waals surface area contributed by atoms with Crippen LogP contribution in [0.3, 0.4) is 0 Å². The van der Waals surface area contributed by atoms with Crippen molar-refractivity contribution in [3.05, 3.63) is 95.3 Å². The number of carbonyl (C=O) groups is 1. The maximum Gasteiger partial charge on any atom is 0.573 e. The zero-order chi connectivity index (χ0) is 25.7. The molecule has 1 saturated heterocycles. The van der Waals surface area contributed by atoms with Gasteiger partial charge in [0.05, 0.1) is 6.04 Å². The van der Waals surface area contributed by atoms with Crippen LogP contribution < -0.4 is 9.47 Å². The van der Waals surface area contributed by atoms with E-state index in [9.17, 15) is 22.4 Å². The van der Waals surface area contributed by atoms with E-state index in [1.165, 1.54) is 36.4 Å². The van der Waals surface area contributed by atoms with E-state index in [-0.39, 0.29) is 11.7 Å². The number of hydrogen-bond donors (Lipinski definition) is 0. The van der Waals surface area contributed by atoms with Crippen molar-refractivity contribution in [3.8, 4) is 11.5 Å². The first kappa shape index (κ1) is 25.2. The number of alkyl halides is 3. The number of hydrogen-bond acceptors (Lipinski definition) is 4. The molecule has 0 radical (unpaired) electrons. The van der Waals surface area contributed by atoms with Gasteiger partial charge in [0, 0.05) is 26.2 Å². The zero-order valence-corrected chi connectivity index (χ0v) is 19.4. The van der Waals surface area contributed by atoms with E-state index in [4.69, 9.17) is 4.74 Å². The molecule has 1 heterocycles. The molecule has 1 amide bonds. The van der Waals surface area contributed by atoms with Crippen molar-refractivity contribution in [1.82, 2.24) is 4.90 Å². The van der Waals surface area contributed by atoms with Gasteiger partial charge in [-0.15, -0.1) is 13.2 Å². The van der Waals surface area contributed by atoms with Gasteiger partial charge in [0.2, 0.25) is 5.91 Å². The monoisotopic (exact) mass is 500 g/mol. The molecule has 0 saturated carbocycles. The van der Waals surface area contributed by atoms with E-state index in [1.54, 1.807) is 42.4 Å². The van der Waals surface area contributed by atoms with Crippen molar-refractivity contribution in [1.29, 1.82) is 0 Å². The SMILES string of the molecule is CN=Cc1ccc(O[C@@H](c2ccc(OC(F)(F)F)cc2)[C@@H](c2ccc(F)cc2)N2CCCC2=O)cc1. The highest BCUT2D eigenvalue weighted by atomic mass is 19.4. The molecule has 0 spiro atoms. The minimum atomic E-state index is -4.82. The molecule has 3 aromatic rings. The molecule has 0 N–H and O–H groups in total. The molecule has 1 aliphatic rings. The maximum atomic E-state index is 13.7. The lowest BCUT2D eigenvalue weighted by atomic mass is 9.94. The molecule has 0 bridgehead atoms. The van der Waals surface area contributed by atoms with E-state index < -0.39 is 24.3 Å². The summed E-state index contributed by atoms with van der Waals surface area (Å²) in [4.78, 5) is 18.5. The van der Waals surface area contributed by atoms with E-state index in [1.807, 2.05) is 12.1 Å². The third-order valence-corrected chi connectivity index (χ3v) is 5.81. The van der Waals surface area contributed by atoms with Crippen LogP contribution in [-0.4, -0.2) is 37.0 Å². The Morgan fingerprint density at radius 3 is 2.08 bits per heavy atom. The summed E-state index contributed by atoms with van der Waals surface area (Å²) in [6, 6.07) is 17.6. The third-order valence-electron chi connectivity index (χ3n) is 5.81. The lowest BCUT2D eigenvalue weighted by Gasteiger charge is -2.35. The molecule has 0 aliphatic carbocycles. The van der Waals surface area contributed by atoms with Gasteiger partial charge in [-0.3, -0.25) is 9.79 Å². The summed E-state index contributed by atoms with van der Waals surface area (Å²) in [5.41, 5.74) is 2.03. The minimum Gasteiger partial charge on any atom is -0.483 e. The van der Waals surface area contributed by atoms with Crippen LogP contribution in [0.2, 0.25) is 0 Å². The highest BCUT2D eigenvalue weighted by Gasteiger charge is 2.37. The summed E-state index contributed by atoms with van der Waals surface area (Å²) in [6.07, 6.45) is -2.91. The number of likely N-dealkylation sites (tertiary alicyclic amines) is 1. The number of rotatable bonds is 8. The standard InChI is InChI=1S/C27H24F4N2O3/c1-32-17-18-4-12-22(13-5-18)35-26(20-8-14-23(15-9-20)36-27(29,30)31)25(33-16-2-3-24(33)34)19-6-10-21(28)11-7-19/h4-15,17,25-26H,2-3,16H2,1H3/t25-,26+/m1/s1. The van der Waals surface area contributed by atoms with Crippen molar-refractivity contribution >= 4 is 12.1 Å².